The summed E-state index contributed by atoms with van der Waals surface area (Å²) in [4.78, 5) is 12.5. The molecule has 0 fully saturated rings. The lowest BCUT2D eigenvalue weighted by atomic mass is 10.1. The van der Waals surface area contributed by atoms with Crippen molar-refractivity contribution >= 4 is 23.4 Å². The highest BCUT2D eigenvalue weighted by Crippen LogP contribution is 2.26. The van der Waals surface area contributed by atoms with Crippen molar-refractivity contribution in [2.45, 2.75) is 45.3 Å². The molecular formula is C20H24N4O2S. The maximum absolute atomic E-state index is 12.5. The number of nitrogens with zero attached hydrogens (tertiary/aromatic N) is 3. The van der Waals surface area contributed by atoms with Crippen LogP contribution in [0.2, 0.25) is 0 Å². The van der Waals surface area contributed by atoms with Crippen molar-refractivity contribution in [3.63, 3.8) is 0 Å². The van der Waals surface area contributed by atoms with E-state index in [-0.39, 0.29) is 11.7 Å². The number of carbonyl (C=O) groups excluding carboxylic acids is 1. The molecule has 7 heteroatoms. The van der Waals surface area contributed by atoms with E-state index < -0.39 is 0 Å². The first-order valence-electron chi connectivity index (χ1n) is 9.12. The number of furan rings is 1. The molecule has 3 aromatic rings. The lowest BCUT2D eigenvalue weighted by Gasteiger charge is -2.13. The molecule has 0 aliphatic heterocycles. The molecule has 1 aromatic carbocycles. The lowest BCUT2D eigenvalue weighted by molar-refractivity contribution is -0.113. The summed E-state index contributed by atoms with van der Waals surface area (Å²) in [7, 11) is 0. The number of benzene rings is 1. The van der Waals surface area contributed by atoms with Gasteiger partial charge in [-0.15, -0.1) is 10.2 Å². The molecule has 0 aliphatic carbocycles. The van der Waals surface area contributed by atoms with Crippen LogP contribution in [-0.4, -0.2) is 26.4 Å². The predicted molar refractivity (Wildman–Crippen MR) is 108 cm³/mol. The number of nitrogens with one attached hydrogen (secondary N) is 1. The lowest BCUT2D eigenvalue weighted by Crippen LogP contribution is -2.16. The summed E-state index contributed by atoms with van der Waals surface area (Å²) < 4.78 is 7.45. The molecule has 1 amide bonds. The van der Waals surface area contributed by atoms with Crippen LogP contribution < -0.4 is 5.32 Å². The summed E-state index contributed by atoms with van der Waals surface area (Å²) >= 11 is 1.39. The highest BCUT2D eigenvalue weighted by molar-refractivity contribution is 7.99. The van der Waals surface area contributed by atoms with Crippen LogP contribution in [0, 0.1) is 6.92 Å². The standard InChI is InChI=1S/C20H24N4O2S/c1-4-11-24-19(16-10-7-12-26-16)22-23-20(24)27-13-17(25)21-18-14(3)8-6-9-15(18)5-2/h6-10,12H,4-5,11,13H2,1-3H3,(H,21,25). The van der Waals surface area contributed by atoms with Crippen LogP contribution in [0.4, 0.5) is 5.69 Å². The fourth-order valence-corrected chi connectivity index (χ4v) is 3.68. The molecule has 142 valence electrons. The SMILES string of the molecule is CCCn1c(SCC(=O)Nc2c(C)cccc2CC)nnc1-c1ccco1. The van der Waals surface area contributed by atoms with Gasteiger partial charge in [0.2, 0.25) is 5.91 Å². The van der Waals surface area contributed by atoms with Crippen molar-refractivity contribution in [2.24, 2.45) is 0 Å². The van der Waals surface area contributed by atoms with Gasteiger partial charge >= 0.3 is 0 Å². The van der Waals surface area contributed by atoms with E-state index in [4.69, 9.17) is 4.42 Å². The van der Waals surface area contributed by atoms with Gasteiger partial charge in [0.15, 0.2) is 16.7 Å². The molecule has 2 heterocycles. The Hall–Kier alpha value is -2.54. The van der Waals surface area contributed by atoms with Crippen molar-refractivity contribution in [3.8, 4) is 11.6 Å². The van der Waals surface area contributed by atoms with Crippen LogP contribution in [0.15, 0.2) is 46.2 Å². The third-order valence-electron chi connectivity index (χ3n) is 4.24. The van der Waals surface area contributed by atoms with Crippen LogP contribution in [0.1, 0.15) is 31.4 Å². The zero-order valence-corrected chi connectivity index (χ0v) is 16.7. The van der Waals surface area contributed by atoms with Gasteiger partial charge in [0, 0.05) is 12.2 Å². The maximum Gasteiger partial charge on any atom is 0.234 e. The highest BCUT2D eigenvalue weighted by atomic mass is 32.2. The second-order valence-corrected chi connectivity index (χ2v) is 7.18. The zero-order chi connectivity index (χ0) is 19.2. The zero-order valence-electron chi connectivity index (χ0n) is 15.9. The van der Waals surface area contributed by atoms with Crippen LogP contribution >= 0.6 is 11.8 Å². The molecule has 0 saturated heterocycles. The Morgan fingerprint density at radius 2 is 2.07 bits per heavy atom. The van der Waals surface area contributed by atoms with Gasteiger partial charge in [-0.2, -0.15) is 0 Å². The number of para-hydroxylation sites is 1. The van der Waals surface area contributed by atoms with E-state index in [1.807, 2.05) is 41.8 Å². The number of hydrogen-bond donors (Lipinski definition) is 1. The summed E-state index contributed by atoms with van der Waals surface area (Å²) in [6.07, 6.45) is 3.43. The number of thioether (sulfide) groups is 1. The van der Waals surface area contributed by atoms with E-state index in [2.05, 4.69) is 29.4 Å². The van der Waals surface area contributed by atoms with Crippen molar-refractivity contribution in [3.05, 3.63) is 47.7 Å². The Morgan fingerprint density at radius 1 is 1.22 bits per heavy atom. The van der Waals surface area contributed by atoms with E-state index >= 15 is 0 Å². The van der Waals surface area contributed by atoms with Gasteiger partial charge < -0.3 is 9.73 Å². The number of rotatable bonds is 8. The molecule has 0 unspecified atom stereocenters. The first-order valence-corrected chi connectivity index (χ1v) is 10.1. The first kappa shape index (κ1) is 19.2. The molecule has 1 N–H and O–H groups in total. The van der Waals surface area contributed by atoms with Gasteiger partial charge in [-0.3, -0.25) is 9.36 Å². The van der Waals surface area contributed by atoms with E-state index in [1.165, 1.54) is 11.8 Å². The largest absolute Gasteiger partial charge is 0.461 e. The molecule has 27 heavy (non-hydrogen) atoms. The van der Waals surface area contributed by atoms with Crippen molar-refractivity contribution in [1.82, 2.24) is 14.8 Å². The third kappa shape index (κ3) is 4.42. The van der Waals surface area contributed by atoms with Crippen LogP contribution in [0.5, 0.6) is 0 Å². The van der Waals surface area contributed by atoms with Crippen molar-refractivity contribution in [2.75, 3.05) is 11.1 Å². The molecule has 0 saturated carbocycles. The summed E-state index contributed by atoms with van der Waals surface area (Å²) in [6, 6.07) is 9.76. The fourth-order valence-electron chi connectivity index (χ4n) is 2.92. The smallest absolute Gasteiger partial charge is 0.234 e. The van der Waals surface area contributed by atoms with E-state index in [0.717, 1.165) is 41.4 Å². The minimum absolute atomic E-state index is 0.0467. The number of amides is 1. The maximum atomic E-state index is 12.5. The normalized spacial score (nSPS) is 10.9. The van der Waals surface area contributed by atoms with Crippen LogP contribution in [-0.2, 0) is 17.8 Å². The van der Waals surface area contributed by atoms with E-state index in [1.54, 1.807) is 6.26 Å². The Morgan fingerprint density at radius 3 is 2.78 bits per heavy atom. The third-order valence-corrected chi connectivity index (χ3v) is 5.21. The summed E-state index contributed by atoms with van der Waals surface area (Å²) in [5, 5.41) is 12.3. The van der Waals surface area contributed by atoms with E-state index in [0.29, 0.717) is 11.6 Å². The van der Waals surface area contributed by atoms with Gasteiger partial charge in [0.1, 0.15) is 0 Å². The first-order chi connectivity index (χ1) is 13.1. The molecule has 0 aliphatic rings. The molecular weight excluding hydrogens is 360 g/mol. The van der Waals surface area contributed by atoms with Crippen molar-refractivity contribution in [1.29, 1.82) is 0 Å². The number of aryl methyl sites for hydroxylation is 2. The van der Waals surface area contributed by atoms with Gasteiger partial charge in [-0.25, -0.2) is 0 Å². The van der Waals surface area contributed by atoms with Gasteiger partial charge in [-0.1, -0.05) is 43.8 Å². The minimum atomic E-state index is -0.0467. The Labute approximate surface area is 163 Å². The fraction of sp³-hybridized carbons (Fsp3) is 0.350. The minimum Gasteiger partial charge on any atom is -0.461 e. The Bertz CT molecular complexity index is 903. The second kappa shape index (κ2) is 8.90. The molecule has 0 atom stereocenters. The summed E-state index contributed by atoms with van der Waals surface area (Å²) in [5.41, 5.74) is 3.13. The van der Waals surface area contributed by atoms with Gasteiger partial charge in [-0.05, 0) is 43.0 Å². The molecule has 0 bridgehead atoms. The van der Waals surface area contributed by atoms with Crippen LogP contribution in [0.25, 0.3) is 11.6 Å². The summed E-state index contributed by atoms with van der Waals surface area (Å²) in [5.74, 6) is 1.60. The topological polar surface area (TPSA) is 73.0 Å². The quantitative estimate of drug-likeness (QED) is 0.577. The highest BCUT2D eigenvalue weighted by Gasteiger charge is 2.17. The Kier molecular flexibility index (Phi) is 6.34. The molecule has 0 spiro atoms. The predicted octanol–water partition coefficient (Wildman–Crippen LogP) is 4.55. The Balaban J connectivity index is 1.71. The molecule has 2 aromatic heterocycles. The molecule has 0 radical (unpaired) electrons. The van der Waals surface area contributed by atoms with Gasteiger partial charge in [0.25, 0.3) is 0 Å². The monoisotopic (exact) mass is 384 g/mol. The molecule has 6 nitrogen and oxygen atoms in total. The average Bonchev–Trinajstić information content (AvgIpc) is 3.32. The van der Waals surface area contributed by atoms with Crippen LogP contribution in [0.3, 0.4) is 0 Å². The number of aromatic nitrogens is 3. The molecule has 3 rings (SSSR count). The van der Waals surface area contributed by atoms with E-state index in [9.17, 15) is 4.79 Å². The average molecular weight is 385 g/mol. The van der Waals surface area contributed by atoms with Crippen molar-refractivity contribution < 1.29 is 9.21 Å². The number of hydrogen-bond acceptors (Lipinski definition) is 5. The number of anilines is 1. The second-order valence-electron chi connectivity index (χ2n) is 6.23. The summed E-state index contributed by atoms with van der Waals surface area (Å²) in [6.45, 7) is 6.96. The number of carbonyl (C=O) groups is 1. The van der Waals surface area contributed by atoms with Gasteiger partial charge in [0.05, 0.1) is 12.0 Å².